The van der Waals surface area contributed by atoms with Gasteiger partial charge in [-0.2, -0.15) is 0 Å². The monoisotopic (exact) mass is 227 g/mol. The number of aliphatic hydroxyl groups excluding tert-OH is 1. The summed E-state index contributed by atoms with van der Waals surface area (Å²) in [4.78, 5) is 22.3. The van der Waals surface area contributed by atoms with E-state index in [-0.39, 0.29) is 29.4 Å². The number of aliphatic hydroxyl groups is 1. The van der Waals surface area contributed by atoms with Gasteiger partial charge in [0.2, 0.25) is 5.91 Å². The van der Waals surface area contributed by atoms with Crippen molar-refractivity contribution in [2.24, 2.45) is 17.3 Å². The highest BCUT2D eigenvalue weighted by molar-refractivity contribution is 5.89. The SMILES string of the molecule is CC1(C)C(O)CC1NC(=O)[C@@H]1C[C@@H]1C(=O)O. The molecule has 2 aliphatic carbocycles. The van der Waals surface area contributed by atoms with Crippen LogP contribution < -0.4 is 5.32 Å². The fraction of sp³-hybridized carbons (Fsp3) is 0.818. The molecule has 0 aromatic rings. The first-order valence-electron chi connectivity index (χ1n) is 5.55. The lowest BCUT2D eigenvalue weighted by Crippen LogP contribution is -2.61. The molecule has 0 spiro atoms. The van der Waals surface area contributed by atoms with Gasteiger partial charge in [0, 0.05) is 11.5 Å². The molecular formula is C11H17NO4. The minimum absolute atomic E-state index is 0.0370. The molecule has 0 bridgehead atoms. The van der Waals surface area contributed by atoms with Crippen molar-refractivity contribution in [2.45, 2.75) is 38.8 Å². The summed E-state index contributed by atoms with van der Waals surface area (Å²) in [6.07, 6.45) is 0.618. The molecule has 0 aromatic carbocycles. The third-order valence-corrected chi connectivity index (χ3v) is 3.98. The normalized spacial score (nSPS) is 39.7. The summed E-state index contributed by atoms with van der Waals surface area (Å²) >= 11 is 0. The van der Waals surface area contributed by atoms with Gasteiger partial charge in [-0.25, -0.2) is 0 Å². The van der Waals surface area contributed by atoms with E-state index in [0.29, 0.717) is 12.8 Å². The number of carboxylic acid groups (broad SMARTS) is 1. The van der Waals surface area contributed by atoms with Gasteiger partial charge in [-0.3, -0.25) is 9.59 Å². The smallest absolute Gasteiger partial charge is 0.307 e. The van der Waals surface area contributed by atoms with Crippen LogP contribution in [0.3, 0.4) is 0 Å². The van der Waals surface area contributed by atoms with Gasteiger partial charge in [-0.05, 0) is 12.8 Å². The second-order valence-corrected chi connectivity index (χ2v) is 5.42. The number of hydrogen-bond acceptors (Lipinski definition) is 3. The molecule has 5 heteroatoms. The Morgan fingerprint density at radius 2 is 1.88 bits per heavy atom. The molecule has 0 aromatic heterocycles. The van der Waals surface area contributed by atoms with E-state index in [0.717, 1.165) is 0 Å². The van der Waals surface area contributed by atoms with Crippen LogP contribution in [0.5, 0.6) is 0 Å². The number of carboxylic acids is 1. The van der Waals surface area contributed by atoms with Crippen LogP contribution in [0.2, 0.25) is 0 Å². The summed E-state index contributed by atoms with van der Waals surface area (Å²) in [6, 6.07) is -0.0370. The standard InChI is InChI=1S/C11H17NO4/c1-11(2)7(4-8(11)13)12-9(14)5-3-6(5)10(15)16/h5-8,13H,3-4H2,1-2H3,(H,12,14)(H,15,16)/t5-,6+,7?,8?/m1/s1. The highest BCUT2D eigenvalue weighted by Gasteiger charge is 2.52. The lowest BCUT2D eigenvalue weighted by Gasteiger charge is -2.49. The van der Waals surface area contributed by atoms with Crippen molar-refractivity contribution >= 4 is 11.9 Å². The molecule has 2 rings (SSSR count). The number of rotatable bonds is 3. The van der Waals surface area contributed by atoms with Crippen molar-refractivity contribution in [3.8, 4) is 0 Å². The molecule has 2 unspecified atom stereocenters. The Labute approximate surface area is 93.8 Å². The average molecular weight is 227 g/mol. The molecule has 0 aliphatic heterocycles. The van der Waals surface area contributed by atoms with Crippen LogP contribution >= 0.6 is 0 Å². The van der Waals surface area contributed by atoms with Crippen LogP contribution in [-0.2, 0) is 9.59 Å². The predicted octanol–water partition coefficient (Wildman–Crippen LogP) is -0.0173. The zero-order valence-electron chi connectivity index (χ0n) is 9.43. The topological polar surface area (TPSA) is 86.6 Å². The second-order valence-electron chi connectivity index (χ2n) is 5.42. The number of nitrogens with one attached hydrogen (secondary N) is 1. The zero-order chi connectivity index (χ0) is 12.1. The van der Waals surface area contributed by atoms with Crippen molar-refractivity contribution in [3.63, 3.8) is 0 Å². The Morgan fingerprint density at radius 1 is 1.25 bits per heavy atom. The van der Waals surface area contributed by atoms with E-state index >= 15 is 0 Å². The first-order valence-corrected chi connectivity index (χ1v) is 5.55. The molecule has 0 radical (unpaired) electrons. The van der Waals surface area contributed by atoms with Gasteiger partial charge < -0.3 is 15.5 Å². The van der Waals surface area contributed by atoms with Crippen LogP contribution in [0.25, 0.3) is 0 Å². The van der Waals surface area contributed by atoms with Gasteiger partial charge in [0.05, 0.1) is 17.9 Å². The Balaban J connectivity index is 1.84. The van der Waals surface area contributed by atoms with Crippen LogP contribution in [-0.4, -0.2) is 34.2 Å². The molecule has 0 saturated heterocycles. The highest BCUT2D eigenvalue weighted by atomic mass is 16.4. The van der Waals surface area contributed by atoms with E-state index in [4.69, 9.17) is 5.11 Å². The van der Waals surface area contributed by atoms with Crippen LogP contribution in [0.4, 0.5) is 0 Å². The summed E-state index contributed by atoms with van der Waals surface area (Å²) < 4.78 is 0. The number of aliphatic carboxylic acids is 1. The molecule has 16 heavy (non-hydrogen) atoms. The Hall–Kier alpha value is -1.10. The van der Waals surface area contributed by atoms with Crippen LogP contribution in [0.15, 0.2) is 0 Å². The van der Waals surface area contributed by atoms with Crippen molar-refractivity contribution in [2.75, 3.05) is 0 Å². The molecule has 0 heterocycles. The minimum Gasteiger partial charge on any atom is -0.481 e. The molecule has 5 nitrogen and oxygen atoms in total. The van der Waals surface area contributed by atoms with Crippen molar-refractivity contribution < 1.29 is 19.8 Å². The van der Waals surface area contributed by atoms with E-state index in [1.54, 1.807) is 0 Å². The summed E-state index contributed by atoms with van der Waals surface area (Å²) in [6.45, 7) is 3.79. The molecule has 4 atom stereocenters. The highest BCUT2D eigenvalue weighted by Crippen LogP contribution is 2.43. The molecular weight excluding hydrogens is 210 g/mol. The quantitative estimate of drug-likeness (QED) is 0.632. The van der Waals surface area contributed by atoms with Crippen molar-refractivity contribution in [3.05, 3.63) is 0 Å². The van der Waals surface area contributed by atoms with E-state index in [1.165, 1.54) is 0 Å². The lowest BCUT2D eigenvalue weighted by atomic mass is 9.64. The molecule has 3 N–H and O–H groups in total. The number of hydrogen-bond donors (Lipinski definition) is 3. The molecule has 2 saturated carbocycles. The Bertz CT molecular complexity index is 339. The molecule has 1 amide bonds. The predicted molar refractivity (Wildman–Crippen MR) is 55.6 cm³/mol. The van der Waals surface area contributed by atoms with E-state index in [1.807, 2.05) is 13.8 Å². The van der Waals surface area contributed by atoms with Crippen molar-refractivity contribution in [1.29, 1.82) is 0 Å². The molecule has 90 valence electrons. The lowest BCUT2D eigenvalue weighted by molar-refractivity contribution is -0.141. The van der Waals surface area contributed by atoms with E-state index < -0.39 is 11.9 Å². The van der Waals surface area contributed by atoms with Crippen LogP contribution in [0.1, 0.15) is 26.7 Å². The summed E-state index contributed by atoms with van der Waals surface area (Å²) in [5.74, 6) is -1.95. The van der Waals surface area contributed by atoms with Gasteiger partial charge in [0.15, 0.2) is 0 Å². The van der Waals surface area contributed by atoms with Gasteiger partial charge in [-0.1, -0.05) is 13.8 Å². The number of carbonyl (C=O) groups excluding carboxylic acids is 1. The summed E-state index contributed by atoms with van der Waals surface area (Å²) in [7, 11) is 0. The third-order valence-electron chi connectivity index (χ3n) is 3.98. The maximum Gasteiger partial charge on any atom is 0.307 e. The Morgan fingerprint density at radius 3 is 2.25 bits per heavy atom. The maximum absolute atomic E-state index is 11.7. The molecule has 2 aliphatic rings. The first-order chi connectivity index (χ1) is 7.34. The van der Waals surface area contributed by atoms with E-state index in [2.05, 4.69) is 5.32 Å². The second kappa shape index (κ2) is 3.45. The maximum atomic E-state index is 11.7. The number of carbonyl (C=O) groups is 2. The van der Waals surface area contributed by atoms with Crippen molar-refractivity contribution in [1.82, 2.24) is 5.32 Å². The molecule has 2 fully saturated rings. The third kappa shape index (κ3) is 1.69. The first kappa shape index (κ1) is 11.4. The van der Waals surface area contributed by atoms with Gasteiger partial charge >= 0.3 is 5.97 Å². The van der Waals surface area contributed by atoms with Gasteiger partial charge in [-0.15, -0.1) is 0 Å². The average Bonchev–Trinajstić information content (AvgIpc) is 2.96. The summed E-state index contributed by atoms with van der Waals surface area (Å²) in [5, 5.41) is 21.0. The fourth-order valence-corrected chi connectivity index (χ4v) is 2.18. The zero-order valence-corrected chi connectivity index (χ0v) is 9.43. The van der Waals surface area contributed by atoms with Crippen LogP contribution in [0, 0.1) is 17.3 Å². The van der Waals surface area contributed by atoms with Gasteiger partial charge in [0.25, 0.3) is 0 Å². The van der Waals surface area contributed by atoms with E-state index in [9.17, 15) is 14.7 Å². The Kier molecular flexibility index (Phi) is 2.45. The fourth-order valence-electron chi connectivity index (χ4n) is 2.18. The summed E-state index contributed by atoms with van der Waals surface area (Å²) in [5.41, 5.74) is -0.302. The minimum atomic E-state index is -0.895. The number of amides is 1. The largest absolute Gasteiger partial charge is 0.481 e. The van der Waals surface area contributed by atoms with Gasteiger partial charge in [0.1, 0.15) is 0 Å².